The zero-order valence-corrected chi connectivity index (χ0v) is 9.83. The maximum atomic E-state index is 5.71. The van der Waals surface area contributed by atoms with Gasteiger partial charge < -0.3 is 15.8 Å². The van der Waals surface area contributed by atoms with Crippen molar-refractivity contribution < 1.29 is 4.74 Å². The molecule has 0 amide bonds. The zero-order valence-electron chi connectivity index (χ0n) is 9.83. The van der Waals surface area contributed by atoms with Crippen LogP contribution in [0.3, 0.4) is 0 Å². The number of rotatable bonds is 4. The van der Waals surface area contributed by atoms with Crippen molar-refractivity contribution in [3.63, 3.8) is 0 Å². The summed E-state index contributed by atoms with van der Waals surface area (Å²) >= 11 is 0. The molecule has 1 aliphatic heterocycles. The molecule has 0 aliphatic carbocycles. The summed E-state index contributed by atoms with van der Waals surface area (Å²) in [6, 6.07) is 0. The summed E-state index contributed by atoms with van der Waals surface area (Å²) in [6.45, 7) is 1.87. The SMILES string of the molecule is Cn1nnc(CN=C(N)NCC2CCCO2)n1. The van der Waals surface area contributed by atoms with E-state index in [1.54, 1.807) is 7.05 Å². The fraction of sp³-hybridized carbons (Fsp3) is 0.778. The molecule has 1 atom stereocenters. The second-order valence-electron chi connectivity index (χ2n) is 3.91. The smallest absolute Gasteiger partial charge is 0.196 e. The largest absolute Gasteiger partial charge is 0.376 e. The molecule has 0 radical (unpaired) electrons. The molecule has 0 bridgehead atoms. The number of hydrogen-bond donors (Lipinski definition) is 2. The Bertz CT molecular complexity index is 382. The molecule has 1 aromatic heterocycles. The molecule has 0 aromatic carbocycles. The summed E-state index contributed by atoms with van der Waals surface area (Å²) in [7, 11) is 1.71. The van der Waals surface area contributed by atoms with Crippen LogP contribution in [0.4, 0.5) is 0 Å². The van der Waals surface area contributed by atoms with Gasteiger partial charge >= 0.3 is 0 Å². The minimum Gasteiger partial charge on any atom is -0.376 e. The average molecular weight is 239 g/mol. The molecule has 3 N–H and O–H groups in total. The lowest BCUT2D eigenvalue weighted by atomic mass is 10.2. The molecule has 1 unspecified atom stereocenters. The second-order valence-corrected chi connectivity index (χ2v) is 3.91. The van der Waals surface area contributed by atoms with E-state index < -0.39 is 0 Å². The van der Waals surface area contributed by atoms with Gasteiger partial charge in [0.1, 0.15) is 6.54 Å². The Morgan fingerprint density at radius 1 is 1.71 bits per heavy atom. The van der Waals surface area contributed by atoms with Crippen molar-refractivity contribution in [1.29, 1.82) is 0 Å². The monoisotopic (exact) mass is 239 g/mol. The molecular weight excluding hydrogens is 222 g/mol. The van der Waals surface area contributed by atoms with Crippen LogP contribution in [0.5, 0.6) is 0 Å². The van der Waals surface area contributed by atoms with Crippen molar-refractivity contribution in [2.24, 2.45) is 17.8 Å². The molecular formula is C9H17N7O. The van der Waals surface area contributed by atoms with E-state index in [-0.39, 0.29) is 6.10 Å². The van der Waals surface area contributed by atoms with Crippen LogP contribution in [-0.4, -0.2) is 45.4 Å². The summed E-state index contributed by atoms with van der Waals surface area (Å²) in [5, 5.41) is 14.5. The number of ether oxygens (including phenoxy) is 1. The third-order valence-corrected chi connectivity index (χ3v) is 2.48. The van der Waals surface area contributed by atoms with Crippen LogP contribution in [0.1, 0.15) is 18.7 Å². The van der Waals surface area contributed by atoms with Gasteiger partial charge in [-0.05, 0) is 18.1 Å². The number of nitrogens with zero attached hydrogens (tertiary/aromatic N) is 5. The number of aryl methyl sites for hydroxylation is 1. The van der Waals surface area contributed by atoms with E-state index in [1.807, 2.05) is 0 Å². The van der Waals surface area contributed by atoms with E-state index in [0.29, 0.717) is 24.9 Å². The number of aromatic nitrogens is 4. The van der Waals surface area contributed by atoms with Gasteiger partial charge in [-0.3, -0.25) is 0 Å². The van der Waals surface area contributed by atoms with Gasteiger partial charge in [0.15, 0.2) is 11.8 Å². The van der Waals surface area contributed by atoms with E-state index in [0.717, 1.165) is 19.4 Å². The molecule has 17 heavy (non-hydrogen) atoms. The summed E-state index contributed by atoms with van der Waals surface area (Å²) < 4.78 is 5.46. The quantitative estimate of drug-likeness (QED) is 0.505. The molecule has 2 rings (SSSR count). The highest BCUT2D eigenvalue weighted by Gasteiger charge is 2.14. The highest BCUT2D eigenvalue weighted by molar-refractivity contribution is 5.77. The van der Waals surface area contributed by atoms with Crippen molar-refractivity contribution in [1.82, 2.24) is 25.5 Å². The van der Waals surface area contributed by atoms with Crippen molar-refractivity contribution in [3.8, 4) is 0 Å². The summed E-state index contributed by atoms with van der Waals surface area (Å²) in [4.78, 5) is 5.51. The molecule has 1 fully saturated rings. The lowest BCUT2D eigenvalue weighted by Crippen LogP contribution is -2.37. The number of hydrogen-bond acceptors (Lipinski definition) is 5. The Kier molecular flexibility index (Phi) is 3.86. The van der Waals surface area contributed by atoms with Gasteiger partial charge in [0.25, 0.3) is 0 Å². The van der Waals surface area contributed by atoms with Crippen molar-refractivity contribution in [3.05, 3.63) is 5.82 Å². The second kappa shape index (κ2) is 5.58. The molecule has 1 aliphatic rings. The first-order valence-corrected chi connectivity index (χ1v) is 5.62. The van der Waals surface area contributed by atoms with E-state index in [4.69, 9.17) is 10.5 Å². The Morgan fingerprint density at radius 3 is 3.24 bits per heavy atom. The Labute approximate surface area is 99.2 Å². The van der Waals surface area contributed by atoms with Crippen LogP contribution in [0.2, 0.25) is 0 Å². The highest BCUT2D eigenvalue weighted by Crippen LogP contribution is 2.10. The molecule has 94 valence electrons. The summed E-state index contributed by atoms with van der Waals surface area (Å²) in [5.74, 6) is 0.933. The fourth-order valence-electron chi connectivity index (χ4n) is 1.62. The Morgan fingerprint density at radius 2 is 2.59 bits per heavy atom. The van der Waals surface area contributed by atoms with Gasteiger partial charge in [0, 0.05) is 13.2 Å². The minimum atomic E-state index is 0.249. The third-order valence-electron chi connectivity index (χ3n) is 2.48. The maximum absolute atomic E-state index is 5.71. The summed E-state index contributed by atoms with van der Waals surface area (Å²) in [6.07, 6.45) is 2.44. The lowest BCUT2D eigenvalue weighted by Gasteiger charge is -2.10. The van der Waals surface area contributed by atoms with Crippen LogP contribution in [-0.2, 0) is 18.3 Å². The maximum Gasteiger partial charge on any atom is 0.196 e. The molecule has 1 aromatic rings. The van der Waals surface area contributed by atoms with E-state index in [9.17, 15) is 0 Å². The number of nitrogens with two attached hydrogens (primary N) is 1. The first kappa shape index (κ1) is 11.8. The van der Waals surface area contributed by atoms with Gasteiger partial charge in [0.05, 0.1) is 13.2 Å². The van der Waals surface area contributed by atoms with Gasteiger partial charge in [-0.15, -0.1) is 10.2 Å². The first-order chi connectivity index (χ1) is 8.24. The number of aliphatic imine (C=N–C) groups is 1. The standard InChI is InChI=1S/C9H17N7O/c1-16-14-8(13-15-16)6-12-9(10)11-5-7-3-2-4-17-7/h7H,2-6H2,1H3,(H3,10,11,12). The minimum absolute atomic E-state index is 0.249. The number of nitrogens with one attached hydrogen (secondary N) is 1. The zero-order chi connectivity index (χ0) is 12.1. The summed E-state index contributed by atoms with van der Waals surface area (Å²) in [5.41, 5.74) is 5.71. The van der Waals surface area contributed by atoms with Crippen LogP contribution >= 0.6 is 0 Å². The van der Waals surface area contributed by atoms with Crippen LogP contribution < -0.4 is 11.1 Å². The topological polar surface area (TPSA) is 103 Å². The van der Waals surface area contributed by atoms with Crippen LogP contribution in [0, 0.1) is 0 Å². The van der Waals surface area contributed by atoms with Crippen LogP contribution in [0.15, 0.2) is 4.99 Å². The molecule has 8 heteroatoms. The third kappa shape index (κ3) is 3.66. The van der Waals surface area contributed by atoms with Crippen LogP contribution in [0.25, 0.3) is 0 Å². The first-order valence-electron chi connectivity index (χ1n) is 5.62. The highest BCUT2D eigenvalue weighted by atomic mass is 16.5. The lowest BCUT2D eigenvalue weighted by molar-refractivity contribution is 0.114. The van der Waals surface area contributed by atoms with Gasteiger partial charge in [-0.2, -0.15) is 4.80 Å². The molecule has 2 heterocycles. The molecule has 0 saturated carbocycles. The predicted octanol–water partition coefficient (Wildman–Crippen LogP) is -1.21. The van der Waals surface area contributed by atoms with Gasteiger partial charge in [0.2, 0.25) is 0 Å². The van der Waals surface area contributed by atoms with Crippen molar-refractivity contribution >= 4 is 5.96 Å². The van der Waals surface area contributed by atoms with Gasteiger partial charge in [-0.25, -0.2) is 4.99 Å². The van der Waals surface area contributed by atoms with E-state index in [2.05, 4.69) is 25.7 Å². The fourth-order valence-corrected chi connectivity index (χ4v) is 1.62. The van der Waals surface area contributed by atoms with Gasteiger partial charge in [-0.1, -0.05) is 0 Å². The predicted molar refractivity (Wildman–Crippen MR) is 61.1 cm³/mol. The number of tetrazole rings is 1. The molecule has 8 nitrogen and oxygen atoms in total. The van der Waals surface area contributed by atoms with Crippen molar-refractivity contribution in [2.75, 3.05) is 13.2 Å². The Hall–Kier alpha value is -1.70. The van der Waals surface area contributed by atoms with E-state index in [1.165, 1.54) is 4.80 Å². The molecule has 1 saturated heterocycles. The van der Waals surface area contributed by atoms with Crippen molar-refractivity contribution in [2.45, 2.75) is 25.5 Å². The normalized spacial score (nSPS) is 20.8. The Balaban J connectivity index is 1.73. The average Bonchev–Trinajstić information content (AvgIpc) is 2.95. The van der Waals surface area contributed by atoms with E-state index >= 15 is 0 Å². The molecule has 0 spiro atoms. The number of guanidine groups is 1.